The molecule has 0 aromatic heterocycles. The van der Waals surface area contributed by atoms with Gasteiger partial charge in [0.15, 0.2) is 0 Å². The highest BCUT2D eigenvalue weighted by Gasteiger charge is 2.28. The number of halogens is 4. The Hall–Kier alpha value is -2.30. The van der Waals surface area contributed by atoms with E-state index in [2.05, 4.69) is 0 Å². The van der Waals surface area contributed by atoms with E-state index in [4.69, 9.17) is 46.4 Å². The molecule has 0 aliphatic carbocycles. The largest absolute Gasteiger partial charge is 0.769 e. The molecule has 0 fully saturated rings. The molecule has 0 aliphatic heterocycles. The first kappa shape index (κ1) is 30.2. The number of anilines is 4. The zero-order chi connectivity index (χ0) is 28.3. The maximum atomic E-state index is 11.1. The minimum atomic E-state index is -1.09. The average Bonchev–Trinajstić information content (AvgIpc) is 2.90. The van der Waals surface area contributed by atoms with E-state index >= 15 is 0 Å². The summed E-state index contributed by atoms with van der Waals surface area (Å²) in [5, 5.41) is 76.3. The van der Waals surface area contributed by atoms with Crippen molar-refractivity contribution in [3.05, 3.63) is 104 Å². The molecule has 0 heterocycles. The summed E-state index contributed by atoms with van der Waals surface area (Å²) >= 11 is 26.3. The normalized spacial score (nSPS) is 14.4. The van der Waals surface area contributed by atoms with Crippen LogP contribution in [0.3, 0.4) is 0 Å². The topological polar surface area (TPSA) is 186 Å². The quantitative estimate of drug-likeness (QED) is 0.137. The molecule has 3 aromatic carbocycles. The lowest BCUT2D eigenvalue weighted by molar-refractivity contribution is 0.0280. The Morgan fingerprint density at radius 3 is 1.21 bits per heavy atom. The molecule has 0 unspecified atom stereocenters. The van der Waals surface area contributed by atoms with Gasteiger partial charge in [-0.1, -0.05) is 36.4 Å². The Morgan fingerprint density at radius 2 is 0.895 bits per heavy atom. The predicted molar refractivity (Wildman–Crippen MR) is 144 cm³/mol. The molecule has 4 N–H and O–H groups in total. The van der Waals surface area contributed by atoms with E-state index in [0.717, 1.165) is 24.3 Å². The van der Waals surface area contributed by atoms with Crippen LogP contribution >= 0.6 is 46.4 Å². The third kappa shape index (κ3) is 6.63. The van der Waals surface area contributed by atoms with E-state index < -0.39 is 43.3 Å². The molecule has 3 aromatic rings. The monoisotopic (exact) mass is 606 g/mol. The van der Waals surface area contributed by atoms with Crippen LogP contribution in [0.2, 0.25) is 0 Å². The van der Waals surface area contributed by atoms with E-state index in [1.54, 1.807) is 24.3 Å². The first-order chi connectivity index (χ1) is 17.8. The van der Waals surface area contributed by atoms with Crippen molar-refractivity contribution >= 4 is 69.2 Å². The van der Waals surface area contributed by atoms with Gasteiger partial charge >= 0.3 is 0 Å². The molecule has 0 radical (unpaired) electrons. The molecule has 0 saturated carbocycles. The Morgan fingerprint density at radius 1 is 0.526 bits per heavy atom. The second-order valence-electron chi connectivity index (χ2n) is 7.86. The summed E-state index contributed by atoms with van der Waals surface area (Å²) in [6, 6.07) is 13.0. The minimum absolute atomic E-state index is 0.0896. The van der Waals surface area contributed by atoms with Gasteiger partial charge in [-0.25, -0.2) is 0 Å². The molecule has 16 heteroatoms. The van der Waals surface area contributed by atoms with Gasteiger partial charge in [0.05, 0.1) is 21.5 Å². The Kier molecular flexibility index (Phi) is 10.1. The van der Waals surface area contributed by atoms with Crippen LogP contribution in [0, 0.1) is 20.8 Å². The molecule has 4 atom stereocenters. The highest BCUT2D eigenvalue weighted by atomic mass is 35.5. The van der Waals surface area contributed by atoms with Crippen molar-refractivity contribution in [1.82, 2.24) is 0 Å². The lowest BCUT2D eigenvalue weighted by atomic mass is 9.96. The van der Waals surface area contributed by atoms with Crippen molar-refractivity contribution in [2.24, 2.45) is 0 Å². The predicted octanol–water partition coefficient (Wildman–Crippen LogP) is 6.98. The highest BCUT2D eigenvalue weighted by molar-refractivity contribution is 6.31. The van der Waals surface area contributed by atoms with Gasteiger partial charge in [0, 0.05) is 22.5 Å². The Labute approximate surface area is 235 Å². The third-order valence-electron chi connectivity index (χ3n) is 5.54. The molecule has 12 nitrogen and oxygen atoms in total. The zero-order valence-corrected chi connectivity index (χ0v) is 21.8. The van der Waals surface area contributed by atoms with Gasteiger partial charge in [-0.15, -0.1) is 56.9 Å². The summed E-state index contributed by atoms with van der Waals surface area (Å²) in [5.74, 6) is 0. The Balaban J connectivity index is 1.91. The summed E-state index contributed by atoms with van der Waals surface area (Å²) in [5.41, 5.74) is -0.455. The lowest BCUT2D eigenvalue weighted by Gasteiger charge is -2.38. The standard InChI is InChI=1S/C22H18Cl4N4O8/c23-19(21(25)15-6-4-13(27(31)32)9-17(15)29(35)36)11-2-1-3-12(8-11)20(24)22(26)16-7-5-14(28(33)34)10-18(16)30(37)38/h1-10,19-22,35-38H/q-4/t19-,20+,21+,22-. The van der Waals surface area contributed by atoms with Crippen LogP contribution in [-0.4, -0.2) is 20.8 Å². The van der Waals surface area contributed by atoms with Crippen molar-refractivity contribution in [3.8, 4) is 0 Å². The molecule has 0 spiro atoms. The maximum Gasteiger partial charge on any atom is 0.101 e. The number of rotatable bonds is 10. The number of benzene rings is 3. The zero-order valence-electron chi connectivity index (χ0n) is 18.8. The van der Waals surface area contributed by atoms with Crippen LogP contribution in [0.1, 0.15) is 43.8 Å². The number of hydrogen-bond acceptors (Lipinski definition) is 12. The van der Waals surface area contributed by atoms with E-state index in [0.29, 0.717) is 11.1 Å². The molecule has 0 saturated heterocycles. The number of nitrogens with zero attached hydrogens (tertiary/aromatic N) is 4. The van der Waals surface area contributed by atoms with Crippen molar-refractivity contribution in [2.75, 3.05) is 20.9 Å². The minimum Gasteiger partial charge on any atom is -0.769 e. The summed E-state index contributed by atoms with van der Waals surface area (Å²) in [6.45, 7) is 0. The van der Waals surface area contributed by atoms with Crippen molar-refractivity contribution in [1.29, 1.82) is 0 Å². The fourth-order valence-corrected chi connectivity index (χ4v) is 4.86. The fraction of sp³-hybridized carbons (Fsp3) is 0.182. The molecule has 0 aliphatic rings. The molecule has 3 rings (SSSR count). The van der Waals surface area contributed by atoms with Gasteiger partial charge in [-0.3, -0.25) is 20.8 Å². The Bertz CT molecular complexity index is 1160. The molecular weight excluding hydrogens is 590 g/mol. The van der Waals surface area contributed by atoms with Crippen molar-refractivity contribution < 1.29 is 20.8 Å². The van der Waals surface area contributed by atoms with E-state index in [1.165, 1.54) is 12.1 Å². The molecule has 38 heavy (non-hydrogen) atoms. The van der Waals surface area contributed by atoms with E-state index in [1.807, 2.05) is 0 Å². The lowest BCUT2D eigenvalue weighted by Crippen LogP contribution is -2.16. The first-order valence-electron chi connectivity index (χ1n) is 10.4. The second kappa shape index (κ2) is 12.7. The molecule has 206 valence electrons. The molecule has 0 bridgehead atoms. The smallest absolute Gasteiger partial charge is 0.101 e. The molecule has 0 amide bonds. The summed E-state index contributed by atoms with van der Waals surface area (Å²) in [7, 11) is 0. The van der Waals surface area contributed by atoms with Crippen LogP contribution in [-0.2, 0) is 0 Å². The van der Waals surface area contributed by atoms with E-state index in [9.17, 15) is 41.7 Å². The van der Waals surface area contributed by atoms with Crippen LogP contribution in [0.25, 0.3) is 0 Å². The first-order valence-corrected chi connectivity index (χ1v) is 12.2. The van der Waals surface area contributed by atoms with Gasteiger partial charge in [0.1, 0.15) is 11.4 Å². The highest BCUT2D eigenvalue weighted by Crippen LogP contribution is 2.47. The number of alkyl halides is 4. The summed E-state index contributed by atoms with van der Waals surface area (Å²) in [6.07, 6.45) is 0. The average molecular weight is 608 g/mol. The fourth-order valence-electron chi connectivity index (χ4n) is 3.66. The van der Waals surface area contributed by atoms with Gasteiger partial charge < -0.3 is 31.3 Å². The maximum absolute atomic E-state index is 11.1. The van der Waals surface area contributed by atoms with Crippen molar-refractivity contribution in [2.45, 2.75) is 21.5 Å². The van der Waals surface area contributed by atoms with Gasteiger partial charge in [-0.05, 0) is 35.4 Å². The van der Waals surface area contributed by atoms with Crippen LogP contribution < -0.4 is 20.9 Å². The summed E-state index contributed by atoms with van der Waals surface area (Å²) < 4.78 is 0. The van der Waals surface area contributed by atoms with Gasteiger partial charge in [0.25, 0.3) is 0 Å². The van der Waals surface area contributed by atoms with Crippen LogP contribution in [0.15, 0.2) is 60.7 Å². The second-order valence-corrected chi connectivity index (χ2v) is 9.74. The van der Waals surface area contributed by atoms with Gasteiger partial charge in [0.2, 0.25) is 0 Å². The third-order valence-corrected chi connectivity index (χ3v) is 7.78. The van der Waals surface area contributed by atoms with Crippen LogP contribution in [0.5, 0.6) is 0 Å². The van der Waals surface area contributed by atoms with E-state index in [-0.39, 0.29) is 33.0 Å². The molecular formula is C22H18Cl4N4O8-4. The number of hydrogen-bond donors (Lipinski definition) is 4. The SMILES string of the molecule is [O-]N([O-])c1ccc([C@@H](Cl)[C@@H](Cl)c2cccc([C@@H](Cl)[C@@H](Cl)c3ccc(N([O-])[O-])cc3N(O)O)c2)c(N(O)O)c1. The van der Waals surface area contributed by atoms with Crippen molar-refractivity contribution in [3.63, 3.8) is 0 Å². The van der Waals surface area contributed by atoms with Crippen LogP contribution in [0.4, 0.5) is 22.7 Å². The summed E-state index contributed by atoms with van der Waals surface area (Å²) in [4.78, 5) is 0. The van der Waals surface area contributed by atoms with Gasteiger partial charge in [-0.2, -0.15) is 0 Å².